The number of aliphatic hydroxyl groups excluding tert-OH is 1. The van der Waals surface area contributed by atoms with Gasteiger partial charge in [-0.15, -0.1) is 0 Å². The first-order valence-corrected chi connectivity index (χ1v) is 6.57. The van der Waals surface area contributed by atoms with E-state index < -0.39 is 6.10 Å². The maximum absolute atomic E-state index is 13.6. The molecule has 1 N–H and O–H groups in total. The fraction of sp³-hybridized carbons (Fsp3) is 0.400. The highest BCUT2D eigenvalue weighted by atomic mass is 19.1. The number of aryl methyl sites for hydroxylation is 3. The first-order valence-electron chi connectivity index (χ1n) is 6.57. The zero-order chi connectivity index (χ0) is 14.0. The molecule has 0 fully saturated rings. The minimum Gasteiger partial charge on any atom is -0.382 e. The molecule has 0 aliphatic carbocycles. The van der Waals surface area contributed by atoms with Crippen LogP contribution >= 0.6 is 0 Å². The van der Waals surface area contributed by atoms with Gasteiger partial charge < -0.3 is 5.11 Å². The quantitative estimate of drug-likeness (QED) is 0.919. The van der Waals surface area contributed by atoms with Gasteiger partial charge in [0.25, 0.3) is 0 Å². The lowest BCUT2D eigenvalue weighted by molar-refractivity contribution is 0.207. The van der Waals surface area contributed by atoms with Gasteiger partial charge in [0.05, 0.1) is 11.4 Å². The molecule has 0 spiro atoms. The van der Waals surface area contributed by atoms with E-state index in [0.29, 0.717) is 23.4 Å². The predicted octanol–water partition coefficient (Wildman–Crippen LogP) is 2.99. The summed E-state index contributed by atoms with van der Waals surface area (Å²) in [4.78, 5) is 0. The van der Waals surface area contributed by atoms with Crippen molar-refractivity contribution in [3.8, 4) is 0 Å². The Morgan fingerprint density at radius 2 is 2.05 bits per heavy atom. The average Bonchev–Trinajstić information content (AvgIpc) is 2.84. The van der Waals surface area contributed by atoms with Crippen LogP contribution in [0.4, 0.5) is 4.39 Å². The van der Waals surface area contributed by atoms with E-state index in [0.717, 1.165) is 12.1 Å². The zero-order valence-electron chi connectivity index (χ0n) is 11.5. The number of aliphatic hydroxyl groups is 1. The van der Waals surface area contributed by atoms with Crippen LogP contribution in [0.2, 0.25) is 0 Å². The summed E-state index contributed by atoms with van der Waals surface area (Å²) in [5.41, 5.74) is 2.78. The Bertz CT molecular complexity index is 578. The Morgan fingerprint density at radius 1 is 1.32 bits per heavy atom. The van der Waals surface area contributed by atoms with Gasteiger partial charge in [0, 0.05) is 6.54 Å². The highest BCUT2D eigenvalue weighted by Gasteiger charge is 2.17. The van der Waals surface area contributed by atoms with Gasteiger partial charge in [-0.3, -0.25) is 4.68 Å². The molecule has 0 aliphatic rings. The third-order valence-electron chi connectivity index (χ3n) is 3.32. The van der Waals surface area contributed by atoms with Crippen LogP contribution in [0.5, 0.6) is 0 Å². The lowest BCUT2D eigenvalue weighted by atomic mass is 10.0. The first-order chi connectivity index (χ1) is 9.06. The van der Waals surface area contributed by atoms with Crippen LogP contribution in [0.15, 0.2) is 24.3 Å². The van der Waals surface area contributed by atoms with E-state index in [4.69, 9.17) is 0 Å². The lowest BCUT2D eigenvalue weighted by Crippen LogP contribution is -2.09. The highest BCUT2D eigenvalue weighted by molar-refractivity contribution is 5.30. The molecule has 1 unspecified atom stereocenters. The Hall–Kier alpha value is -1.68. The summed E-state index contributed by atoms with van der Waals surface area (Å²) < 4.78 is 15.3. The van der Waals surface area contributed by atoms with Crippen molar-refractivity contribution >= 4 is 0 Å². The second kappa shape index (κ2) is 5.53. The van der Waals surface area contributed by atoms with Crippen LogP contribution in [-0.2, 0) is 13.0 Å². The van der Waals surface area contributed by atoms with Gasteiger partial charge in [-0.05, 0) is 43.5 Å². The van der Waals surface area contributed by atoms with E-state index in [2.05, 4.69) is 5.10 Å². The van der Waals surface area contributed by atoms with Crippen LogP contribution < -0.4 is 0 Å². The van der Waals surface area contributed by atoms with Crippen LogP contribution in [0.3, 0.4) is 0 Å². The molecule has 0 saturated heterocycles. The molecule has 0 bridgehead atoms. The molecule has 1 heterocycles. The van der Waals surface area contributed by atoms with E-state index in [9.17, 15) is 9.50 Å². The molecule has 0 aliphatic heterocycles. The molecule has 1 atom stereocenters. The molecule has 19 heavy (non-hydrogen) atoms. The summed E-state index contributed by atoms with van der Waals surface area (Å²) in [5.74, 6) is -0.296. The van der Waals surface area contributed by atoms with Crippen LogP contribution in [0.1, 0.15) is 42.5 Å². The molecule has 3 nitrogen and oxygen atoms in total. The SMILES string of the molecule is CCc1cc(C(O)c2ccc(C)c(F)c2)n(CC)n1. The minimum absolute atomic E-state index is 0.296. The second-order valence-electron chi connectivity index (χ2n) is 4.64. The number of aromatic nitrogens is 2. The second-order valence-corrected chi connectivity index (χ2v) is 4.64. The Kier molecular flexibility index (Phi) is 4.00. The van der Waals surface area contributed by atoms with Crippen LogP contribution in [0, 0.1) is 12.7 Å². The molecular formula is C15H19FN2O. The molecule has 0 saturated carbocycles. The van der Waals surface area contributed by atoms with E-state index in [1.165, 1.54) is 6.07 Å². The van der Waals surface area contributed by atoms with Crippen molar-refractivity contribution in [1.29, 1.82) is 0 Å². The van der Waals surface area contributed by atoms with Crippen molar-refractivity contribution in [2.75, 3.05) is 0 Å². The third-order valence-corrected chi connectivity index (χ3v) is 3.32. The zero-order valence-corrected chi connectivity index (χ0v) is 11.5. The van der Waals surface area contributed by atoms with Gasteiger partial charge in [-0.25, -0.2) is 4.39 Å². The maximum Gasteiger partial charge on any atom is 0.126 e. The predicted molar refractivity (Wildman–Crippen MR) is 72.5 cm³/mol. The molecule has 0 amide bonds. The van der Waals surface area contributed by atoms with Gasteiger partial charge >= 0.3 is 0 Å². The summed E-state index contributed by atoms with van der Waals surface area (Å²) in [6.45, 7) is 6.38. The largest absolute Gasteiger partial charge is 0.382 e. The normalized spacial score (nSPS) is 12.7. The Balaban J connectivity index is 2.39. The summed E-state index contributed by atoms with van der Waals surface area (Å²) >= 11 is 0. The van der Waals surface area contributed by atoms with Gasteiger partial charge in [0.15, 0.2) is 0 Å². The van der Waals surface area contributed by atoms with Crippen molar-refractivity contribution in [2.24, 2.45) is 0 Å². The van der Waals surface area contributed by atoms with Crippen molar-refractivity contribution in [2.45, 2.75) is 39.8 Å². The molecule has 2 rings (SSSR count). The average molecular weight is 262 g/mol. The minimum atomic E-state index is -0.845. The van der Waals surface area contributed by atoms with Crippen molar-refractivity contribution in [1.82, 2.24) is 9.78 Å². The van der Waals surface area contributed by atoms with E-state index in [1.54, 1.807) is 23.7 Å². The van der Waals surface area contributed by atoms with Crippen LogP contribution in [0.25, 0.3) is 0 Å². The number of hydrogen-bond acceptors (Lipinski definition) is 2. The molecule has 2 aromatic rings. The molecule has 4 heteroatoms. The fourth-order valence-corrected chi connectivity index (χ4v) is 2.08. The maximum atomic E-state index is 13.6. The van der Waals surface area contributed by atoms with Gasteiger partial charge in [0.2, 0.25) is 0 Å². The Morgan fingerprint density at radius 3 is 2.63 bits per heavy atom. The number of halogens is 1. The highest BCUT2D eigenvalue weighted by Crippen LogP contribution is 2.24. The number of rotatable bonds is 4. The molecule has 102 valence electrons. The first kappa shape index (κ1) is 13.7. The summed E-state index contributed by atoms with van der Waals surface area (Å²) in [6, 6.07) is 6.70. The molecule has 1 aromatic heterocycles. The Labute approximate surface area is 112 Å². The van der Waals surface area contributed by atoms with Crippen molar-refractivity contribution in [3.63, 3.8) is 0 Å². The van der Waals surface area contributed by atoms with Crippen molar-refractivity contribution in [3.05, 3.63) is 52.6 Å². The van der Waals surface area contributed by atoms with E-state index in [-0.39, 0.29) is 5.82 Å². The molecule has 1 aromatic carbocycles. The number of hydrogen-bond donors (Lipinski definition) is 1. The summed E-state index contributed by atoms with van der Waals surface area (Å²) in [7, 11) is 0. The standard InChI is InChI=1S/C15H19FN2O/c1-4-12-9-14(18(5-2)17-12)15(19)11-7-6-10(3)13(16)8-11/h6-9,15,19H,4-5H2,1-3H3. The molecule has 0 radical (unpaired) electrons. The van der Waals surface area contributed by atoms with E-state index >= 15 is 0 Å². The topological polar surface area (TPSA) is 38.0 Å². The van der Waals surface area contributed by atoms with Gasteiger partial charge in [0.1, 0.15) is 11.9 Å². The number of nitrogens with zero attached hydrogens (tertiary/aromatic N) is 2. The van der Waals surface area contributed by atoms with E-state index in [1.807, 2.05) is 19.9 Å². The van der Waals surface area contributed by atoms with Gasteiger partial charge in [-0.1, -0.05) is 19.1 Å². The monoisotopic (exact) mass is 262 g/mol. The van der Waals surface area contributed by atoms with Gasteiger partial charge in [-0.2, -0.15) is 5.10 Å². The third kappa shape index (κ3) is 2.68. The van der Waals surface area contributed by atoms with Crippen LogP contribution in [-0.4, -0.2) is 14.9 Å². The number of benzene rings is 1. The molecular weight excluding hydrogens is 243 g/mol. The smallest absolute Gasteiger partial charge is 0.126 e. The fourth-order valence-electron chi connectivity index (χ4n) is 2.08. The summed E-state index contributed by atoms with van der Waals surface area (Å²) in [6.07, 6.45) is -0.0301. The van der Waals surface area contributed by atoms with Crippen molar-refractivity contribution < 1.29 is 9.50 Å². The summed E-state index contributed by atoms with van der Waals surface area (Å²) in [5, 5.41) is 14.8. The lowest BCUT2D eigenvalue weighted by Gasteiger charge is -2.13.